The third-order valence-corrected chi connectivity index (χ3v) is 2.61. The summed E-state index contributed by atoms with van der Waals surface area (Å²) in [6.45, 7) is 0.371. The van der Waals surface area contributed by atoms with E-state index in [1.165, 1.54) is 10.6 Å². The molecule has 0 radical (unpaired) electrons. The number of anilines is 1. The highest BCUT2D eigenvalue weighted by Crippen LogP contribution is 2.16. The van der Waals surface area contributed by atoms with Gasteiger partial charge in [0.05, 0.1) is 6.54 Å². The molecule has 0 spiro atoms. The second-order valence-corrected chi connectivity index (χ2v) is 3.61. The monoisotopic (exact) mass is 223 g/mol. The van der Waals surface area contributed by atoms with Crippen LogP contribution >= 0.6 is 11.5 Å². The summed E-state index contributed by atoms with van der Waals surface area (Å²) in [6, 6.07) is 4.98. The van der Waals surface area contributed by atoms with Crippen LogP contribution in [-0.2, 0) is 6.54 Å². The van der Waals surface area contributed by atoms with Crippen LogP contribution in [0.2, 0.25) is 0 Å². The normalized spacial score (nSPS) is 10.2. The van der Waals surface area contributed by atoms with Crippen molar-refractivity contribution in [1.29, 1.82) is 0 Å². The summed E-state index contributed by atoms with van der Waals surface area (Å²) in [7, 11) is 0. The molecule has 15 heavy (non-hydrogen) atoms. The average molecular weight is 223 g/mol. The first-order chi connectivity index (χ1) is 7.31. The van der Waals surface area contributed by atoms with E-state index in [-0.39, 0.29) is 5.56 Å². The van der Waals surface area contributed by atoms with Crippen LogP contribution < -0.4 is 16.8 Å². The highest BCUT2D eigenvalue weighted by atomic mass is 32.1. The Morgan fingerprint density at radius 1 is 1.53 bits per heavy atom. The van der Waals surface area contributed by atoms with Crippen molar-refractivity contribution in [1.82, 2.24) is 14.2 Å². The van der Waals surface area contributed by atoms with E-state index in [1.54, 1.807) is 18.3 Å². The van der Waals surface area contributed by atoms with Gasteiger partial charge in [-0.25, -0.2) is 5.84 Å². The Morgan fingerprint density at radius 2 is 2.40 bits per heavy atom. The number of nitrogens with zero attached hydrogens (tertiary/aromatic N) is 3. The average Bonchev–Trinajstić information content (AvgIpc) is 2.69. The molecule has 2 heterocycles. The number of nitrogen functional groups attached to an aromatic ring is 1. The zero-order valence-corrected chi connectivity index (χ0v) is 8.57. The van der Waals surface area contributed by atoms with Gasteiger partial charge in [0.25, 0.3) is 5.56 Å². The van der Waals surface area contributed by atoms with Gasteiger partial charge in [-0.15, -0.1) is 5.10 Å². The van der Waals surface area contributed by atoms with E-state index in [2.05, 4.69) is 15.0 Å². The lowest BCUT2D eigenvalue weighted by molar-refractivity contribution is 0.736. The standard InChI is InChI=1S/C8H9N5OS/c9-10-8-6(11-12-15-8)5-13-4-2-1-3-7(13)14/h1-4,10H,5,9H2. The molecule has 0 atom stereocenters. The van der Waals surface area contributed by atoms with Crippen molar-refractivity contribution >= 4 is 16.5 Å². The van der Waals surface area contributed by atoms with E-state index >= 15 is 0 Å². The Morgan fingerprint density at radius 3 is 3.13 bits per heavy atom. The molecule has 7 heteroatoms. The smallest absolute Gasteiger partial charge is 0.250 e. The van der Waals surface area contributed by atoms with Gasteiger partial charge in [-0.1, -0.05) is 10.6 Å². The molecular formula is C8H9N5OS. The Kier molecular flexibility index (Phi) is 2.75. The fraction of sp³-hybridized carbons (Fsp3) is 0.125. The summed E-state index contributed by atoms with van der Waals surface area (Å²) in [4.78, 5) is 11.4. The zero-order valence-electron chi connectivity index (χ0n) is 7.75. The minimum Gasteiger partial charge on any atom is -0.313 e. The van der Waals surface area contributed by atoms with Crippen molar-refractivity contribution in [2.24, 2.45) is 5.84 Å². The quantitative estimate of drug-likeness (QED) is 0.566. The van der Waals surface area contributed by atoms with Gasteiger partial charge in [-0.3, -0.25) is 4.79 Å². The summed E-state index contributed by atoms with van der Waals surface area (Å²) >= 11 is 1.16. The van der Waals surface area contributed by atoms with Gasteiger partial charge in [-0.05, 0) is 6.07 Å². The number of nitrogens with two attached hydrogens (primary N) is 1. The molecule has 2 aromatic heterocycles. The molecule has 3 N–H and O–H groups in total. The fourth-order valence-corrected chi connectivity index (χ4v) is 1.66. The van der Waals surface area contributed by atoms with Crippen molar-refractivity contribution in [3.8, 4) is 0 Å². The topological polar surface area (TPSA) is 85.8 Å². The first kappa shape index (κ1) is 9.81. The molecule has 0 saturated heterocycles. The lowest BCUT2D eigenvalue weighted by Gasteiger charge is -2.03. The van der Waals surface area contributed by atoms with E-state index in [0.29, 0.717) is 17.2 Å². The summed E-state index contributed by atoms with van der Waals surface area (Å²) in [5.41, 5.74) is 3.08. The Balaban J connectivity index is 2.30. The fourth-order valence-electron chi connectivity index (χ4n) is 1.17. The third-order valence-electron chi connectivity index (χ3n) is 1.91. The molecule has 6 nitrogen and oxygen atoms in total. The van der Waals surface area contributed by atoms with Crippen LogP contribution in [0.3, 0.4) is 0 Å². The second-order valence-electron chi connectivity index (χ2n) is 2.86. The lowest BCUT2D eigenvalue weighted by Crippen LogP contribution is -2.19. The zero-order chi connectivity index (χ0) is 10.7. The maximum atomic E-state index is 11.4. The highest BCUT2D eigenvalue weighted by molar-refractivity contribution is 7.10. The predicted molar refractivity (Wildman–Crippen MR) is 57.5 cm³/mol. The van der Waals surface area contributed by atoms with Crippen molar-refractivity contribution in [2.45, 2.75) is 6.54 Å². The first-order valence-corrected chi connectivity index (χ1v) is 5.02. The summed E-state index contributed by atoms with van der Waals surface area (Å²) in [5, 5.41) is 4.56. The van der Waals surface area contributed by atoms with Crippen molar-refractivity contribution in [2.75, 3.05) is 5.43 Å². The Hall–Kier alpha value is -1.73. The maximum absolute atomic E-state index is 11.4. The number of aromatic nitrogens is 3. The van der Waals surface area contributed by atoms with Crippen LogP contribution in [0.1, 0.15) is 5.69 Å². The van der Waals surface area contributed by atoms with Gasteiger partial charge in [-0.2, -0.15) is 0 Å². The Bertz CT molecular complexity index is 505. The summed E-state index contributed by atoms with van der Waals surface area (Å²) in [5.74, 6) is 5.28. The van der Waals surface area contributed by atoms with E-state index in [4.69, 9.17) is 5.84 Å². The predicted octanol–water partition coefficient (Wildman–Crippen LogP) is 0.0337. The number of rotatable bonds is 3. The number of hydrazine groups is 1. The third kappa shape index (κ3) is 2.03. The minimum atomic E-state index is -0.0755. The van der Waals surface area contributed by atoms with E-state index in [1.807, 2.05) is 0 Å². The van der Waals surface area contributed by atoms with Crippen LogP contribution in [0.5, 0.6) is 0 Å². The highest BCUT2D eigenvalue weighted by Gasteiger charge is 2.07. The molecule has 0 bridgehead atoms. The van der Waals surface area contributed by atoms with Gasteiger partial charge < -0.3 is 9.99 Å². The van der Waals surface area contributed by atoms with Crippen molar-refractivity contribution in [3.05, 3.63) is 40.4 Å². The van der Waals surface area contributed by atoms with E-state index in [0.717, 1.165) is 11.5 Å². The molecule has 0 amide bonds. The largest absolute Gasteiger partial charge is 0.313 e. The summed E-state index contributed by atoms with van der Waals surface area (Å²) < 4.78 is 5.29. The molecule has 0 aromatic carbocycles. The molecule has 2 aromatic rings. The number of nitrogens with one attached hydrogen (secondary N) is 1. The number of hydrogen-bond donors (Lipinski definition) is 2. The molecule has 0 aliphatic rings. The molecule has 2 rings (SSSR count). The van der Waals surface area contributed by atoms with Gasteiger partial charge in [0.1, 0.15) is 10.7 Å². The van der Waals surface area contributed by atoms with Crippen molar-refractivity contribution in [3.63, 3.8) is 0 Å². The molecule has 0 saturated carbocycles. The van der Waals surface area contributed by atoms with E-state index in [9.17, 15) is 4.79 Å². The van der Waals surface area contributed by atoms with Gasteiger partial charge in [0.2, 0.25) is 0 Å². The lowest BCUT2D eigenvalue weighted by atomic mass is 10.4. The minimum absolute atomic E-state index is 0.0755. The molecule has 0 aliphatic heterocycles. The Labute approximate surface area is 89.5 Å². The molecular weight excluding hydrogens is 214 g/mol. The van der Waals surface area contributed by atoms with Crippen molar-refractivity contribution < 1.29 is 0 Å². The second kappa shape index (κ2) is 4.20. The first-order valence-electron chi connectivity index (χ1n) is 4.24. The van der Waals surface area contributed by atoms with Crippen LogP contribution in [0, 0.1) is 0 Å². The van der Waals surface area contributed by atoms with Crippen LogP contribution in [-0.4, -0.2) is 14.2 Å². The van der Waals surface area contributed by atoms with Crippen LogP contribution in [0.4, 0.5) is 5.00 Å². The maximum Gasteiger partial charge on any atom is 0.250 e. The molecule has 0 fully saturated rings. The van der Waals surface area contributed by atoms with E-state index < -0.39 is 0 Å². The van der Waals surface area contributed by atoms with Crippen LogP contribution in [0.25, 0.3) is 0 Å². The van der Waals surface area contributed by atoms with Gasteiger partial charge >= 0.3 is 0 Å². The molecule has 78 valence electrons. The molecule has 0 aliphatic carbocycles. The molecule has 0 unspecified atom stereocenters. The van der Waals surface area contributed by atoms with Gasteiger partial charge in [0.15, 0.2) is 0 Å². The summed E-state index contributed by atoms with van der Waals surface area (Å²) in [6.07, 6.45) is 1.70. The van der Waals surface area contributed by atoms with Gasteiger partial charge in [0, 0.05) is 23.8 Å². The number of pyridine rings is 1. The number of hydrogen-bond acceptors (Lipinski definition) is 6. The SMILES string of the molecule is NNc1snnc1Cn1ccccc1=O. The van der Waals surface area contributed by atoms with Crippen LogP contribution in [0.15, 0.2) is 29.2 Å².